The van der Waals surface area contributed by atoms with Gasteiger partial charge in [0.05, 0.1) is 18.0 Å². The number of aliphatic hydroxyl groups excluding tert-OH is 2. The molecule has 0 radical (unpaired) electrons. The molecule has 1 aliphatic heterocycles. The highest BCUT2D eigenvalue weighted by atomic mass is 32.2. The Labute approximate surface area is 59.3 Å². The van der Waals surface area contributed by atoms with Crippen molar-refractivity contribution < 1.29 is 10.2 Å². The first-order valence-corrected chi connectivity index (χ1v) is 4.12. The molecule has 0 aromatic heterocycles. The minimum absolute atomic E-state index is 0.0694. The van der Waals surface area contributed by atoms with Crippen LogP contribution in [0, 0.1) is 0 Å². The van der Waals surface area contributed by atoms with Gasteiger partial charge in [-0.25, -0.2) is 0 Å². The van der Waals surface area contributed by atoms with Crippen molar-refractivity contribution in [2.45, 2.75) is 29.9 Å². The number of hydrogen-bond donors (Lipinski definition) is 2. The fourth-order valence-corrected chi connectivity index (χ4v) is 2.38. The second-order valence-electron chi connectivity index (χ2n) is 2.47. The molecule has 0 aliphatic carbocycles. The molecule has 2 nitrogen and oxygen atoms in total. The molecule has 2 N–H and O–H groups in total. The largest absolute Gasteiger partial charge is 0.395 e. The fraction of sp³-hybridized carbons (Fsp3) is 1.00. The predicted octanol–water partition coefficient (Wildman–Crippen LogP) is 0.234. The van der Waals surface area contributed by atoms with Gasteiger partial charge in [-0.3, -0.25) is 0 Å². The molecule has 1 saturated heterocycles. The molecule has 9 heavy (non-hydrogen) atoms. The standard InChI is InChI=1S/C6H12O2S/c1-4-2-5(8)6(3-7)9-4/h4-8H,2-3H2,1H3/t4-,5-,6+/m0/s1. The summed E-state index contributed by atoms with van der Waals surface area (Å²) in [6, 6.07) is 0. The Bertz CT molecular complexity index is 97.1. The van der Waals surface area contributed by atoms with E-state index in [9.17, 15) is 5.11 Å². The third-order valence-electron chi connectivity index (χ3n) is 1.59. The van der Waals surface area contributed by atoms with Crippen LogP contribution in [0.3, 0.4) is 0 Å². The van der Waals surface area contributed by atoms with Gasteiger partial charge in [-0.2, -0.15) is 11.8 Å². The average molecular weight is 148 g/mol. The van der Waals surface area contributed by atoms with E-state index in [1.165, 1.54) is 0 Å². The maximum absolute atomic E-state index is 9.18. The molecule has 0 bridgehead atoms. The van der Waals surface area contributed by atoms with E-state index >= 15 is 0 Å². The van der Waals surface area contributed by atoms with Gasteiger partial charge in [0.25, 0.3) is 0 Å². The molecule has 3 atom stereocenters. The summed E-state index contributed by atoms with van der Waals surface area (Å²) in [5.74, 6) is 0. The van der Waals surface area contributed by atoms with Crippen LogP contribution < -0.4 is 0 Å². The summed E-state index contributed by atoms with van der Waals surface area (Å²) < 4.78 is 0. The van der Waals surface area contributed by atoms with Crippen LogP contribution in [-0.2, 0) is 0 Å². The van der Waals surface area contributed by atoms with Gasteiger partial charge in [-0.15, -0.1) is 0 Å². The zero-order chi connectivity index (χ0) is 6.85. The van der Waals surface area contributed by atoms with Crippen molar-refractivity contribution in [1.82, 2.24) is 0 Å². The van der Waals surface area contributed by atoms with Gasteiger partial charge in [0, 0.05) is 5.25 Å². The highest BCUT2D eigenvalue weighted by Gasteiger charge is 2.29. The van der Waals surface area contributed by atoms with Crippen molar-refractivity contribution in [3.63, 3.8) is 0 Å². The molecule has 0 aromatic carbocycles. The Hall–Kier alpha value is 0.270. The van der Waals surface area contributed by atoms with Gasteiger partial charge in [0.2, 0.25) is 0 Å². The molecule has 1 rings (SSSR count). The van der Waals surface area contributed by atoms with E-state index in [2.05, 4.69) is 6.92 Å². The van der Waals surface area contributed by atoms with E-state index in [0.717, 1.165) is 6.42 Å². The minimum Gasteiger partial charge on any atom is -0.395 e. The highest BCUT2D eigenvalue weighted by molar-refractivity contribution is 8.00. The normalized spacial score (nSPS) is 43.7. The van der Waals surface area contributed by atoms with Crippen LogP contribution in [0.5, 0.6) is 0 Å². The van der Waals surface area contributed by atoms with Crippen LogP contribution in [0.1, 0.15) is 13.3 Å². The second kappa shape index (κ2) is 2.90. The monoisotopic (exact) mass is 148 g/mol. The summed E-state index contributed by atoms with van der Waals surface area (Å²) in [4.78, 5) is 0. The number of hydrogen-bond acceptors (Lipinski definition) is 3. The van der Waals surface area contributed by atoms with Gasteiger partial charge >= 0.3 is 0 Å². The first-order valence-electron chi connectivity index (χ1n) is 3.18. The van der Waals surface area contributed by atoms with E-state index in [-0.39, 0.29) is 18.0 Å². The molecular formula is C6H12O2S. The molecule has 0 spiro atoms. The molecule has 3 heteroatoms. The summed E-state index contributed by atoms with van der Waals surface area (Å²) in [5, 5.41) is 18.4. The Morgan fingerprint density at radius 2 is 2.33 bits per heavy atom. The second-order valence-corrected chi connectivity index (χ2v) is 4.15. The lowest BCUT2D eigenvalue weighted by molar-refractivity contribution is 0.142. The Kier molecular flexibility index (Phi) is 2.38. The van der Waals surface area contributed by atoms with Crippen LogP contribution in [0.2, 0.25) is 0 Å². The number of aliphatic hydroxyl groups is 2. The maximum atomic E-state index is 9.18. The van der Waals surface area contributed by atoms with E-state index in [1.54, 1.807) is 11.8 Å². The van der Waals surface area contributed by atoms with E-state index in [4.69, 9.17) is 5.11 Å². The smallest absolute Gasteiger partial charge is 0.0691 e. The molecule has 1 fully saturated rings. The van der Waals surface area contributed by atoms with Crippen molar-refractivity contribution >= 4 is 11.8 Å². The van der Waals surface area contributed by atoms with E-state index in [1.807, 2.05) is 0 Å². The molecule has 1 aliphatic rings. The lowest BCUT2D eigenvalue weighted by atomic mass is 10.2. The third kappa shape index (κ3) is 1.60. The quantitative estimate of drug-likeness (QED) is 0.559. The Balaban J connectivity index is 2.38. The molecule has 0 saturated carbocycles. The molecule has 0 amide bonds. The fourth-order valence-electron chi connectivity index (χ4n) is 1.10. The van der Waals surface area contributed by atoms with E-state index in [0.29, 0.717) is 5.25 Å². The highest BCUT2D eigenvalue weighted by Crippen LogP contribution is 2.32. The summed E-state index contributed by atoms with van der Waals surface area (Å²) in [7, 11) is 0. The first-order chi connectivity index (χ1) is 4.24. The van der Waals surface area contributed by atoms with Gasteiger partial charge in [0.1, 0.15) is 0 Å². The summed E-state index contributed by atoms with van der Waals surface area (Å²) in [6.45, 7) is 2.18. The third-order valence-corrected chi connectivity index (χ3v) is 3.06. The predicted molar refractivity (Wildman–Crippen MR) is 38.6 cm³/mol. The Morgan fingerprint density at radius 1 is 1.67 bits per heavy atom. The summed E-state index contributed by atoms with van der Waals surface area (Å²) in [5.41, 5.74) is 0. The number of rotatable bonds is 1. The lowest BCUT2D eigenvalue weighted by Crippen LogP contribution is -2.20. The van der Waals surface area contributed by atoms with E-state index < -0.39 is 0 Å². The maximum Gasteiger partial charge on any atom is 0.0691 e. The zero-order valence-electron chi connectivity index (χ0n) is 5.45. The van der Waals surface area contributed by atoms with Crippen LogP contribution in [0.4, 0.5) is 0 Å². The van der Waals surface area contributed by atoms with Crippen LogP contribution in [0.15, 0.2) is 0 Å². The lowest BCUT2D eigenvalue weighted by Gasteiger charge is -2.07. The summed E-state index contributed by atoms with van der Waals surface area (Å²) >= 11 is 1.67. The zero-order valence-corrected chi connectivity index (χ0v) is 6.27. The van der Waals surface area contributed by atoms with Crippen molar-refractivity contribution in [2.24, 2.45) is 0 Å². The van der Waals surface area contributed by atoms with Crippen LogP contribution >= 0.6 is 11.8 Å². The first kappa shape index (κ1) is 7.38. The van der Waals surface area contributed by atoms with Crippen LogP contribution in [-0.4, -0.2) is 33.4 Å². The Morgan fingerprint density at radius 3 is 2.56 bits per heavy atom. The number of thioether (sulfide) groups is 1. The van der Waals surface area contributed by atoms with Gasteiger partial charge in [-0.05, 0) is 6.42 Å². The molecule has 1 heterocycles. The summed E-state index contributed by atoms with van der Waals surface area (Å²) in [6.07, 6.45) is 0.547. The van der Waals surface area contributed by atoms with Gasteiger partial charge in [0.15, 0.2) is 0 Å². The van der Waals surface area contributed by atoms with Gasteiger partial charge in [-0.1, -0.05) is 6.92 Å². The molecule has 0 aromatic rings. The van der Waals surface area contributed by atoms with Gasteiger partial charge < -0.3 is 10.2 Å². The SMILES string of the molecule is C[C@H]1C[C@H](O)[C@@H](CO)S1. The molecular weight excluding hydrogens is 136 g/mol. The minimum atomic E-state index is -0.282. The topological polar surface area (TPSA) is 40.5 Å². The van der Waals surface area contributed by atoms with Crippen molar-refractivity contribution in [3.8, 4) is 0 Å². The molecule has 54 valence electrons. The van der Waals surface area contributed by atoms with Crippen molar-refractivity contribution in [2.75, 3.05) is 6.61 Å². The van der Waals surface area contributed by atoms with Crippen molar-refractivity contribution in [1.29, 1.82) is 0 Å². The van der Waals surface area contributed by atoms with Crippen LogP contribution in [0.25, 0.3) is 0 Å². The average Bonchev–Trinajstić information content (AvgIpc) is 2.10. The van der Waals surface area contributed by atoms with Crippen molar-refractivity contribution in [3.05, 3.63) is 0 Å². The molecule has 0 unspecified atom stereocenters.